The van der Waals surface area contributed by atoms with Crippen molar-refractivity contribution in [2.45, 2.75) is 18.7 Å². The third kappa shape index (κ3) is 2.72. The molecule has 1 aromatic carbocycles. The maximum atomic E-state index is 5.28. The first-order valence-electron chi connectivity index (χ1n) is 5.46. The summed E-state index contributed by atoms with van der Waals surface area (Å²) in [6.45, 7) is 4.20. The minimum atomic E-state index is 0.269. The van der Waals surface area contributed by atoms with Gasteiger partial charge in [0, 0.05) is 9.75 Å². The number of aryl methyl sites for hydroxylation is 2. The van der Waals surface area contributed by atoms with Crippen molar-refractivity contribution >= 4 is 27.3 Å². The van der Waals surface area contributed by atoms with Crippen molar-refractivity contribution in [3.8, 4) is 5.75 Å². The SMILES string of the molecule is COc1ccc(C(Br)c2ccc(C)s2)cc1C. The molecule has 17 heavy (non-hydrogen) atoms. The lowest BCUT2D eigenvalue weighted by Gasteiger charge is -2.11. The molecule has 1 nitrogen and oxygen atoms in total. The number of rotatable bonds is 3. The Kier molecular flexibility index (Phi) is 3.89. The number of halogens is 1. The lowest BCUT2D eigenvalue weighted by Crippen LogP contribution is -1.93. The summed E-state index contributed by atoms with van der Waals surface area (Å²) >= 11 is 5.59. The standard InChI is InChI=1S/C14H15BrOS/c1-9-8-11(5-6-12(9)16-3)14(15)13-7-4-10(2)17-13/h4-8,14H,1-3H3. The molecule has 1 unspecified atom stereocenters. The van der Waals surface area contributed by atoms with E-state index < -0.39 is 0 Å². The minimum Gasteiger partial charge on any atom is -0.496 e. The van der Waals surface area contributed by atoms with Gasteiger partial charge in [0.2, 0.25) is 0 Å². The van der Waals surface area contributed by atoms with Gasteiger partial charge in [-0.3, -0.25) is 0 Å². The van der Waals surface area contributed by atoms with E-state index in [1.165, 1.54) is 20.9 Å². The Hall–Kier alpha value is -0.800. The highest BCUT2D eigenvalue weighted by atomic mass is 79.9. The second kappa shape index (κ2) is 5.23. The molecule has 0 radical (unpaired) electrons. The van der Waals surface area contributed by atoms with Crippen molar-refractivity contribution < 1.29 is 4.74 Å². The molecule has 0 aliphatic carbocycles. The van der Waals surface area contributed by atoms with Crippen LogP contribution >= 0.6 is 27.3 Å². The second-order valence-corrected chi connectivity index (χ2v) is 6.28. The van der Waals surface area contributed by atoms with Gasteiger partial charge in [-0.25, -0.2) is 0 Å². The van der Waals surface area contributed by atoms with Gasteiger partial charge in [0.1, 0.15) is 5.75 Å². The number of benzene rings is 1. The van der Waals surface area contributed by atoms with Crippen LogP contribution in [-0.2, 0) is 0 Å². The van der Waals surface area contributed by atoms with Crippen LogP contribution in [0.5, 0.6) is 5.75 Å². The van der Waals surface area contributed by atoms with E-state index in [-0.39, 0.29) is 4.83 Å². The highest BCUT2D eigenvalue weighted by Crippen LogP contribution is 2.36. The normalized spacial score (nSPS) is 12.5. The van der Waals surface area contributed by atoms with E-state index in [1.54, 1.807) is 7.11 Å². The van der Waals surface area contributed by atoms with Gasteiger partial charge in [0.15, 0.2) is 0 Å². The van der Waals surface area contributed by atoms with Gasteiger partial charge in [-0.1, -0.05) is 28.1 Å². The Morgan fingerprint density at radius 3 is 2.47 bits per heavy atom. The van der Waals surface area contributed by atoms with Crippen LogP contribution in [0.1, 0.15) is 25.7 Å². The number of ether oxygens (including phenoxy) is 1. The lowest BCUT2D eigenvalue weighted by atomic mass is 10.1. The maximum absolute atomic E-state index is 5.28. The molecule has 0 saturated heterocycles. The van der Waals surface area contributed by atoms with Crippen LogP contribution in [0.3, 0.4) is 0 Å². The molecule has 0 aliphatic heterocycles. The first-order valence-corrected chi connectivity index (χ1v) is 7.20. The molecule has 1 heterocycles. The molecule has 2 aromatic rings. The van der Waals surface area contributed by atoms with Crippen LogP contribution in [0.2, 0.25) is 0 Å². The van der Waals surface area contributed by atoms with Gasteiger partial charge in [-0.05, 0) is 43.2 Å². The van der Waals surface area contributed by atoms with Crippen LogP contribution in [0.25, 0.3) is 0 Å². The summed E-state index contributed by atoms with van der Waals surface area (Å²) in [4.78, 5) is 2.95. The number of hydrogen-bond acceptors (Lipinski definition) is 2. The molecule has 0 saturated carbocycles. The molecule has 0 fully saturated rings. The molecule has 0 amide bonds. The highest BCUT2D eigenvalue weighted by Gasteiger charge is 2.13. The summed E-state index contributed by atoms with van der Waals surface area (Å²) in [7, 11) is 1.70. The molecule has 1 aromatic heterocycles. The molecule has 0 spiro atoms. The van der Waals surface area contributed by atoms with E-state index >= 15 is 0 Å². The van der Waals surface area contributed by atoms with E-state index in [1.807, 2.05) is 17.4 Å². The topological polar surface area (TPSA) is 9.23 Å². The van der Waals surface area contributed by atoms with Gasteiger partial charge >= 0.3 is 0 Å². The minimum absolute atomic E-state index is 0.269. The number of methoxy groups -OCH3 is 1. The van der Waals surface area contributed by atoms with E-state index in [0.29, 0.717) is 0 Å². The van der Waals surface area contributed by atoms with Gasteiger partial charge in [-0.2, -0.15) is 0 Å². The van der Waals surface area contributed by atoms with Crippen molar-refractivity contribution in [2.75, 3.05) is 7.11 Å². The summed E-state index contributed by atoms with van der Waals surface area (Å²) in [6.07, 6.45) is 0. The second-order valence-electron chi connectivity index (χ2n) is 4.04. The van der Waals surface area contributed by atoms with Crippen molar-refractivity contribution in [3.63, 3.8) is 0 Å². The molecule has 3 heteroatoms. The van der Waals surface area contributed by atoms with E-state index in [9.17, 15) is 0 Å². The van der Waals surface area contributed by atoms with Crippen LogP contribution in [0.15, 0.2) is 30.3 Å². The van der Waals surface area contributed by atoms with Crippen LogP contribution < -0.4 is 4.74 Å². The predicted molar refractivity (Wildman–Crippen MR) is 77.6 cm³/mol. The average molecular weight is 311 g/mol. The Labute approximate surface area is 115 Å². The zero-order valence-electron chi connectivity index (χ0n) is 10.2. The highest BCUT2D eigenvalue weighted by molar-refractivity contribution is 9.09. The first kappa shape index (κ1) is 12.7. The van der Waals surface area contributed by atoms with Crippen molar-refractivity contribution in [3.05, 3.63) is 51.2 Å². The number of hydrogen-bond donors (Lipinski definition) is 0. The monoisotopic (exact) mass is 310 g/mol. The summed E-state index contributed by atoms with van der Waals surface area (Å²) < 4.78 is 5.28. The fraction of sp³-hybridized carbons (Fsp3) is 0.286. The molecule has 1 atom stereocenters. The molecule has 0 aliphatic rings. The summed E-state index contributed by atoms with van der Waals surface area (Å²) in [6, 6.07) is 10.6. The van der Waals surface area contributed by atoms with Crippen molar-refractivity contribution in [1.29, 1.82) is 0 Å². The van der Waals surface area contributed by atoms with Crippen LogP contribution in [0.4, 0.5) is 0 Å². The summed E-state index contributed by atoms with van der Waals surface area (Å²) in [5.74, 6) is 0.941. The van der Waals surface area contributed by atoms with Crippen LogP contribution in [-0.4, -0.2) is 7.11 Å². The maximum Gasteiger partial charge on any atom is 0.121 e. The molecular weight excluding hydrogens is 296 g/mol. The van der Waals surface area contributed by atoms with E-state index in [2.05, 4.69) is 54.0 Å². The third-order valence-electron chi connectivity index (χ3n) is 2.72. The Balaban J connectivity index is 2.31. The molecule has 0 bridgehead atoms. The van der Waals surface area contributed by atoms with Crippen molar-refractivity contribution in [1.82, 2.24) is 0 Å². The number of thiophene rings is 1. The van der Waals surface area contributed by atoms with Gasteiger partial charge in [0.25, 0.3) is 0 Å². The van der Waals surface area contributed by atoms with Gasteiger partial charge in [-0.15, -0.1) is 11.3 Å². The Bertz CT molecular complexity index is 519. The zero-order valence-corrected chi connectivity index (χ0v) is 12.6. The van der Waals surface area contributed by atoms with Gasteiger partial charge in [0.05, 0.1) is 11.9 Å². The Morgan fingerprint density at radius 1 is 1.18 bits per heavy atom. The third-order valence-corrected chi connectivity index (χ3v) is 5.11. The average Bonchev–Trinajstić information content (AvgIpc) is 2.75. The summed E-state index contributed by atoms with van der Waals surface area (Å²) in [5.41, 5.74) is 2.44. The Morgan fingerprint density at radius 2 is 1.94 bits per heavy atom. The quantitative estimate of drug-likeness (QED) is 0.736. The fourth-order valence-electron chi connectivity index (χ4n) is 1.81. The fourth-order valence-corrected chi connectivity index (χ4v) is 3.41. The number of alkyl halides is 1. The molecule has 2 rings (SSSR count). The molecule has 90 valence electrons. The summed E-state index contributed by atoms with van der Waals surface area (Å²) in [5, 5.41) is 0. The molecular formula is C14H15BrOS. The molecule has 0 N–H and O–H groups in total. The predicted octanol–water partition coefficient (Wildman–Crippen LogP) is 4.86. The van der Waals surface area contributed by atoms with Crippen LogP contribution in [0, 0.1) is 13.8 Å². The first-order chi connectivity index (χ1) is 8.11. The van der Waals surface area contributed by atoms with E-state index in [4.69, 9.17) is 4.74 Å². The lowest BCUT2D eigenvalue weighted by molar-refractivity contribution is 0.411. The van der Waals surface area contributed by atoms with Crippen molar-refractivity contribution in [2.24, 2.45) is 0 Å². The smallest absolute Gasteiger partial charge is 0.121 e. The van der Waals surface area contributed by atoms with E-state index in [0.717, 1.165) is 5.75 Å². The van der Waals surface area contributed by atoms with Gasteiger partial charge < -0.3 is 4.74 Å². The zero-order chi connectivity index (χ0) is 12.4. The largest absolute Gasteiger partial charge is 0.496 e.